The first-order valence-corrected chi connectivity index (χ1v) is 6.89. The van der Waals surface area contributed by atoms with Crippen molar-refractivity contribution < 1.29 is 9.67 Å². The van der Waals surface area contributed by atoms with Crippen LogP contribution in [0.25, 0.3) is 0 Å². The lowest BCUT2D eigenvalue weighted by Gasteiger charge is -2.24. The summed E-state index contributed by atoms with van der Waals surface area (Å²) in [6.07, 6.45) is 0. The molecule has 1 aromatic rings. The molecule has 0 spiro atoms. The van der Waals surface area contributed by atoms with Crippen LogP contribution in [0, 0.1) is 0 Å². The van der Waals surface area contributed by atoms with Crippen LogP contribution in [0.4, 0.5) is 0 Å². The maximum atomic E-state index is 12.4. The maximum Gasteiger partial charge on any atom is 0.141 e. The molecule has 1 rings (SSSR count). The molecule has 0 aliphatic rings. The van der Waals surface area contributed by atoms with Crippen molar-refractivity contribution in [2.45, 2.75) is 25.4 Å². The van der Waals surface area contributed by atoms with E-state index < -0.39 is 13.0 Å². The van der Waals surface area contributed by atoms with E-state index in [-0.39, 0.29) is 5.66 Å². The van der Waals surface area contributed by atoms with Gasteiger partial charge in [-0.15, -0.1) is 0 Å². The van der Waals surface area contributed by atoms with Gasteiger partial charge >= 0.3 is 0 Å². The molecular weight excluding hydrogens is 207 g/mol. The minimum absolute atomic E-state index is 0.0924. The van der Waals surface area contributed by atoms with Gasteiger partial charge in [-0.1, -0.05) is 50.8 Å². The molecule has 0 aliphatic carbocycles. The third kappa shape index (κ3) is 2.39. The number of hydrogen-bond acceptors (Lipinski definition) is 2. The number of aliphatic hydroxyl groups excluding tert-OH is 1. The van der Waals surface area contributed by atoms with Crippen LogP contribution in [-0.2, 0) is 4.57 Å². The van der Waals surface area contributed by atoms with Crippen molar-refractivity contribution in [1.29, 1.82) is 0 Å². The van der Waals surface area contributed by atoms with Crippen molar-refractivity contribution in [2.75, 3.05) is 0 Å². The fraction of sp³-hybridized carbons (Fsp3) is 0.333. The highest BCUT2D eigenvalue weighted by Gasteiger charge is 2.32. The van der Waals surface area contributed by atoms with Crippen molar-refractivity contribution in [3.63, 3.8) is 0 Å². The van der Waals surface area contributed by atoms with Gasteiger partial charge in [0.2, 0.25) is 0 Å². The van der Waals surface area contributed by atoms with Gasteiger partial charge < -0.3 is 9.67 Å². The molecule has 3 heteroatoms. The minimum atomic E-state index is -2.77. The predicted molar refractivity (Wildman–Crippen MR) is 64.3 cm³/mol. The summed E-state index contributed by atoms with van der Waals surface area (Å²) >= 11 is 0. The van der Waals surface area contributed by atoms with E-state index in [0.29, 0.717) is 5.56 Å². The van der Waals surface area contributed by atoms with E-state index in [2.05, 4.69) is 6.58 Å². The summed E-state index contributed by atoms with van der Waals surface area (Å²) in [6, 6.07) is 9.08. The lowest BCUT2D eigenvalue weighted by molar-refractivity contribution is 0.253. The van der Waals surface area contributed by atoms with Gasteiger partial charge in [-0.3, -0.25) is 0 Å². The van der Waals surface area contributed by atoms with Crippen LogP contribution >= 0.6 is 7.14 Å². The molecule has 0 aromatic heterocycles. The average Bonchev–Trinajstić information content (AvgIpc) is 2.28. The van der Waals surface area contributed by atoms with Crippen molar-refractivity contribution in [3.05, 3.63) is 48.3 Å². The molecule has 2 unspecified atom stereocenters. The van der Waals surface area contributed by atoms with Crippen molar-refractivity contribution in [3.8, 4) is 0 Å². The molecule has 0 radical (unpaired) electrons. The summed E-state index contributed by atoms with van der Waals surface area (Å²) in [5, 5.41) is 10.1. The molecule has 0 saturated carbocycles. The van der Waals surface area contributed by atoms with Gasteiger partial charge in [-0.05, 0) is 11.4 Å². The Morgan fingerprint density at radius 2 is 1.87 bits per heavy atom. The van der Waals surface area contributed by atoms with Crippen molar-refractivity contribution in [2.24, 2.45) is 0 Å². The Kier molecular flexibility index (Phi) is 3.90. The smallest absolute Gasteiger partial charge is 0.141 e. The zero-order valence-electron chi connectivity index (χ0n) is 9.13. The van der Waals surface area contributed by atoms with Gasteiger partial charge in [0.1, 0.15) is 13.0 Å². The molecule has 0 aliphatic heterocycles. The van der Waals surface area contributed by atoms with Crippen LogP contribution in [0.15, 0.2) is 42.7 Å². The number of rotatable bonds is 4. The minimum Gasteiger partial charge on any atom is -0.380 e. The summed E-state index contributed by atoms with van der Waals surface area (Å²) < 4.78 is 12.4. The first kappa shape index (κ1) is 12.2. The normalized spacial score (nSPS) is 17.1. The summed E-state index contributed by atoms with van der Waals surface area (Å²) in [7, 11) is -2.77. The van der Waals surface area contributed by atoms with Crippen LogP contribution in [-0.4, -0.2) is 10.8 Å². The lowest BCUT2D eigenvalue weighted by Crippen LogP contribution is -2.05. The highest BCUT2D eigenvalue weighted by Crippen LogP contribution is 2.62. The molecule has 15 heavy (non-hydrogen) atoms. The molecule has 82 valence electrons. The van der Waals surface area contributed by atoms with Crippen LogP contribution < -0.4 is 0 Å². The quantitative estimate of drug-likeness (QED) is 0.793. The predicted octanol–water partition coefficient (Wildman–Crippen LogP) is 3.59. The van der Waals surface area contributed by atoms with Crippen LogP contribution in [0.3, 0.4) is 0 Å². The molecule has 0 amide bonds. The molecular formula is C12H17O2P. The van der Waals surface area contributed by atoms with Gasteiger partial charge in [0.25, 0.3) is 0 Å². The van der Waals surface area contributed by atoms with Gasteiger partial charge in [-0.25, -0.2) is 0 Å². The fourth-order valence-corrected chi connectivity index (χ4v) is 3.28. The highest BCUT2D eigenvalue weighted by atomic mass is 31.2. The molecule has 0 fully saturated rings. The largest absolute Gasteiger partial charge is 0.380 e. The Morgan fingerprint density at radius 1 is 1.33 bits per heavy atom. The fourth-order valence-electron chi connectivity index (χ4n) is 1.45. The SMILES string of the molecule is C=CP(=O)(C(C)C)C(O)c1ccccc1. The summed E-state index contributed by atoms with van der Waals surface area (Å²) in [4.78, 5) is 0. The maximum absolute atomic E-state index is 12.4. The third-order valence-electron chi connectivity index (χ3n) is 2.57. The van der Waals surface area contributed by atoms with E-state index in [4.69, 9.17) is 0 Å². The molecule has 0 heterocycles. The summed E-state index contributed by atoms with van der Waals surface area (Å²) in [5.41, 5.74) is 0.597. The second-order valence-electron chi connectivity index (χ2n) is 3.82. The highest BCUT2D eigenvalue weighted by molar-refractivity contribution is 7.67. The zero-order valence-corrected chi connectivity index (χ0v) is 10.0. The van der Waals surface area contributed by atoms with E-state index in [1.54, 1.807) is 12.1 Å². The molecule has 0 bridgehead atoms. The number of aliphatic hydroxyl groups is 1. The lowest BCUT2D eigenvalue weighted by atomic mass is 10.2. The van der Waals surface area contributed by atoms with Gasteiger partial charge in [0.15, 0.2) is 0 Å². The molecule has 1 aromatic carbocycles. The Hall–Kier alpha value is -0.850. The van der Waals surface area contributed by atoms with E-state index >= 15 is 0 Å². The van der Waals surface area contributed by atoms with Gasteiger partial charge in [0.05, 0.1) is 0 Å². The van der Waals surface area contributed by atoms with Crippen molar-refractivity contribution >= 4 is 7.14 Å². The van der Waals surface area contributed by atoms with E-state index in [1.165, 1.54) is 5.82 Å². The second kappa shape index (κ2) is 4.78. The van der Waals surface area contributed by atoms with Crippen LogP contribution in [0.2, 0.25) is 0 Å². The average molecular weight is 224 g/mol. The van der Waals surface area contributed by atoms with Gasteiger partial charge in [-0.2, -0.15) is 0 Å². The topological polar surface area (TPSA) is 37.3 Å². The summed E-state index contributed by atoms with van der Waals surface area (Å²) in [5.74, 6) is 0.478. The van der Waals surface area contributed by atoms with Gasteiger partial charge in [0, 0.05) is 5.66 Å². The van der Waals surface area contributed by atoms with Crippen LogP contribution in [0.1, 0.15) is 25.3 Å². The van der Waals surface area contributed by atoms with E-state index in [0.717, 1.165) is 0 Å². The zero-order chi connectivity index (χ0) is 11.5. The Bertz CT molecular complexity index is 370. The third-order valence-corrected chi connectivity index (χ3v) is 5.82. The first-order valence-electron chi connectivity index (χ1n) is 4.98. The van der Waals surface area contributed by atoms with Crippen molar-refractivity contribution in [1.82, 2.24) is 0 Å². The molecule has 1 N–H and O–H groups in total. The molecule has 2 atom stereocenters. The first-order chi connectivity index (χ1) is 7.02. The molecule has 2 nitrogen and oxygen atoms in total. The van der Waals surface area contributed by atoms with Crippen LogP contribution in [0.5, 0.6) is 0 Å². The van der Waals surface area contributed by atoms with E-state index in [1.807, 2.05) is 32.0 Å². The Labute approximate surface area is 91.0 Å². The Balaban J connectivity index is 3.08. The number of hydrogen-bond donors (Lipinski definition) is 1. The summed E-state index contributed by atoms with van der Waals surface area (Å²) in [6.45, 7) is 7.26. The standard InChI is InChI=1S/C12H17O2P/c1-4-15(14,10(2)3)12(13)11-8-6-5-7-9-11/h4-10,12-13H,1H2,2-3H3. The van der Waals surface area contributed by atoms with E-state index in [9.17, 15) is 9.67 Å². The number of benzene rings is 1. The monoisotopic (exact) mass is 224 g/mol. The molecule has 0 saturated heterocycles. The second-order valence-corrected chi connectivity index (χ2v) is 7.24. The Morgan fingerprint density at radius 3 is 2.27 bits per heavy atom.